The van der Waals surface area contributed by atoms with Gasteiger partial charge in [-0.25, -0.2) is 0 Å². The Balaban J connectivity index is 1.77. The van der Waals surface area contributed by atoms with E-state index in [9.17, 15) is 9.90 Å². The average Bonchev–Trinajstić information content (AvgIpc) is 2.60. The lowest BCUT2D eigenvalue weighted by Crippen LogP contribution is -3.16. The molecule has 1 aliphatic heterocycles. The summed E-state index contributed by atoms with van der Waals surface area (Å²) in [6, 6.07) is 8.01. The molecule has 5 heteroatoms. The van der Waals surface area contributed by atoms with E-state index in [1.165, 1.54) is 10.5 Å². The van der Waals surface area contributed by atoms with Crippen LogP contribution >= 0.6 is 0 Å². The van der Waals surface area contributed by atoms with Crippen LogP contribution in [0.5, 0.6) is 5.75 Å². The average molecular weight is 349 g/mol. The van der Waals surface area contributed by atoms with Crippen LogP contribution in [-0.4, -0.2) is 61.3 Å². The van der Waals surface area contributed by atoms with Gasteiger partial charge in [0, 0.05) is 5.92 Å². The summed E-state index contributed by atoms with van der Waals surface area (Å²) in [5.41, 5.74) is 1.17. The molecule has 1 heterocycles. The van der Waals surface area contributed by atoms with Crippen molar-refractivity contribution >= 4 is 5.91 Å². The molecule has 1 saturated heterocycles. The molecule has 0 unspecified atom stereocenters. The van der Waals surface area contributed by atoms with Crippen LogP contribution in [-0.2, 0) is 4.79 Å². The molecule has 25 heavy (non-hydrogen) atoms. The van der Waals surface area contributed by atoms with E-state index in [1.54, 1.807) is 0 Å². The fraction of sp³-hybridized carbons (Fsp3) is 0.650. The van der Waals surface area contributed by atoms with Gasteiger partial charge in [0.15, 0.2) is 0 Å². The van der Waals surface area contributed by atoms with Gasteiger partial charge in [0.2, 0.25) is 5.91 Å². The number of carbonyl (C=O) groups excluding carboxylic acids is 1. The number of rotatable bonds is 7. The first-order valence-electron chi connectivity index (χ1n) is 9.40. The van der Waals surface area contributed by atoms with Crippen molar-refractivity contribution in [1.82, 2.24) is 4.90 Å². The number of nitrogens with one attached hydrogen (secondary N) is 1. The van der Waals surface area contributed by atoms with E-state index in [0.29, 0.717) is 19.1 Å². The molecule has 0 aromatic heterocycles. The van der Waals surface area contributed by atoms with Gasteiger partial charge in [0.25, 0.3) is 0 Å². The normalized spacial score (nSPS) is 17.2. The number of aliphatic hydroxyl groups excluding tert-OH is 1. The Morgan fingerprint density at radius 3 is 2.44 bits per heavy atom. The minimum absolute atomic E-state index is 0.0570. The van der Waals surface area contributed by atoms with Gasteiger partial charge in [-0.15, -0.1) is 0 Å². The van der Waals surface area contributed by atoms with Crippen molar-refractivity contribution in [1.29, 1.82) is 0 Å². The SMILES string of the molecule is CC(C)C(=O)N1CC[NH+](C[C@@H](O)COc2ccccc2C(C)C)CC1. The van der Waals surface area contributed by atoms with Crippen LogP contribution < -0.4 is 9.64 Å². The second-order valence-electron chi connectivity index (χ2n) is 7.59. The molecule has 0 saturated carbocycles. The first-order valence-corrected chi connectivity index (χ1v) is 9.40. The van der Waals surface area contributed by atoms with Crippen molar-refractivity contribution in [3.8, 4) is 5.75 Å². The Morgan fingerprint density at radius 2 is 1.84 bits per heavy atom. The second-order valence-corrected chi connectivity index (χ2v) is 7.59. The van der Waals surface area contributed by atoms with E-state index < -0.39 is 6.10 Å². The van der Waals surface area contributed by atoms with Crippen molar-refractivity contribution in [3.63, 3.8) is 0 Å². The van der Waals surface area contributed by atoms with Crippen molar-refractivity contribution in [2.75, 3.05) is 39.3 Å². The highest BCUT2D eigenvalue weighted by molar-refractivity contribution is 5.78. The molecule has 0 radical (unpaired) electrons. The molecule has 0 bridgehead atoms. The van der Waals surface area contributed by atoms with E-state index >= 15 is 0 Å². The third-order valence-electron chi connectivity index (χ3n) is 4.77. The highest BCUT2D eigenvalue weighted by Crippen LogP contribution is 2.25. The molecular weight excluding hydrogens is 316 g/mol. The fourth-order valence-corrected chi connectivity index (χ4v) is 3.28. The minimum Gasteiger partial charge on any atom is -0.490 e. The third-order valence-corrected chi connectivity index (χ3v) is 4.77. The lowest BCUT2D eigenvalue weighted by atomic mass is 10.0. The molecule has 1 atom stereocenters. The van der Waals surface area contributed by atoms with Gasteiger partial charge in [-0.1, -0.05) is 45.9 Å². The van der Waals surface area contributed by atoms with Gasteiger partial charge in [-0.05, 0) is 17.5 Å². The van der Waals surface area contributed by atoms with E-state index in [-0.39, 0.29) is 11.8 Å². The zero-order chi connectivity index (χ0) is 18.4. The Morgan fingerprint density at radius 1 is 1.20 bits per heavy atom. The Bertz CT molecular complexity index is 552. The Hall–Kier alpha value is -1.59. The summed E-state index contributed by atoms with van der Waals surface area (Å²) in [7, 11) is 0. The Kier molecular flexibility index (Phi) is 7.26. The topological polar surface area (TPSA) is 54.2 Å². The summed E-state index contributed by atoms with van der Waals surface area (Å²) >= 11 is 0. The summed E-state index contributed by atoms with van der Waals surface area (Å²) in [6.07, 6.45) is -0.498. The summed E-state index contributed by atoms with van der Waals surface area (Å²) in [6.45, 7) is 12.5. The number of hydrogen-bond acceptors (Lipinski definition) is 3. The molecular formula is C20H33N2O3+. The van der Waals surface area contributed by atoms with Crippen molar-refractivity contribution < 1.29 is 19.5 Å². The number of quaternary nitrogens is 1. The number of nitrogens with zero attached hydrogens (tertiary/aromatic N) is 1. The molecule has 1 aromatic rings. The standard InChI is InChI=1S/C20H32N2O3/c1-15(2)18-7-5-6-8-19(18)25-14-17(23)13-21-9-11-22(12-10-21)20(24)16(3)4/h5-8,15-17,23H,9-14H2,1-4H3/p+1/t17-/m1/s1. The number of ether oxygens (including phenoxy) is 1. The quantitative estimate of drug-likeness (QED) is 0.770. The maximum absolute atomic E-state index is 12.0. The maximum Gasteiger partial charge on any atom is 0.225 e. The maximum atomic E-state index is 12.0. The predicted octanol–water partition coefficient (Wildman–Crippen LogP) is 0.933. The molecule has 2 N–H and O–H groups in total. The largest absolute Gasteiger partial charge is 0.490 e. The summed E-state index contributed by atoms with van der Waals surface area (Å²) in [4.78, 5) is 15.3. The van der Waals surface area contributed by atoms with E-state index in [1.807, 2.05) is 36.9 Å². The zero-order valence-corrected chi connectivity index (χ0v) is 16.0. The minimum atomic E-state index is -0.498. The second kappa shape index (κ2) is 9.20. The third kappa shape index (κ3) is 5.72. The monoisotopic (exact) mass is 349 g/mol. The fourth-order valence-electron chi connectivity index (χ4n) is 3.28. The first kappa shape index (κ1) is 19.7. The summed E-state index contributed by atoms with van der Waals surface area (Å²) in [5, 5.41) is 10.3. The molecule has 2 rings (SSSR count). The van der Waals surface area contributed by atoms with Gasteiger partial charge in [-0.2, -0.15) is 0 Å². The molecule has 1 amide bonds. The molecule has 140 valence electrons. The number of hydrogen-bond donors (Lipinski definition) is 2. The zero-order valence-electron chi connectivity index (χ0n) is 16.0. The van der Waals surface area contributed by atoms with Crippen LogP contribution in [0.25, 0.3) is 0 Å². The van der Waals surface area contributed by atoms with Crippen molar-refractivity contribution in [2.24, 2.45) is 5.92 Å². The van der Waals surface area contributed by atoms with E-state index in [4.69, 9.17) is 4.74 Å². The number of aliphatic hydroxyl groups is 1. The van der Waals surface area contributed by atoms with Crippen LogP contribution in [0.1, 0.15) is 39.2 Å². The number of amides is 1. The molecule has 5 nitrogen and oxygen atoms in total. The van der Waals surface area contributed by atoms with Crippen molar-refractivity contribution in [3.05, 3.63) is 29.8 Å². The highest BCUT2D eigenvalue weighted by atomic mass is 16.5. The van der Waals surface area contributed by atoms with Gasteiger partial charge >= 0.3 is 0 Å². The van der Waals surface area contributed by atoms with Crippen LogP contribution in [0.15, 0.2) is 24.3 Å². The summed E-state index contributed by atoms with van der Waals surface area (Å²) in [5.74, 6) is 1.54. The first-order chi connectivity index (χ1) is 11.9. The van der Waals surface area contributed by atoms with Crippen LogP contribution in [0.3, 0.4) is 0 Å². The van der Waals surface area contributed by atoms with Gasteiger partial charge < -0.3 is 19.6 Å². The van der Waals surface area contributed by atoms with E-state index in [2.05, 4.69) is 19.9 Å². The smallest absolute Gasteiger partial charge is 0.225 e. The van der Waals surface area contributed by atoms with Crippen molar-refractivity contribution in [2.45, 2.75) is 39.7 Å². The number of para-hydroxylation sites is 1. The molecule has 1 fully saturated rings. The van der Waals surface area contributed by atoms with Gasteiger partial charge in [0.1, 0.15) is 25.0 Å². The van der Waals surface area contributed by atoms with Crippen LogP contribution in [0.4, 0.5) is 0 Å². The van der Waals surface area contributed by atoms with Gasteiger partial charge in [0.05, 0.1) is 26.2 Å². The number of piperazine rings is 1. The molecule has 0 spiro atoms. The van der Waals surface area contributed by atoms with E-state index in [0.717, 1.165) is 31.9 Å². The molecule has 1 aromatic carbocycles. The Labute approximate surface area is 151 Å². The highest BCUT2D eigenvalue weighted by Gasteiger charge is 2.26. The number of benzene rings is 1. The van der Waals surface area contributed by atoms with Gasteiger partial charge in [-0.3, -0.25) is 4.79 Å². The number of carbonyl (C=O) groups is 1. The molecule has 1 aliphatic rings. The lowest BCUT2D eigenvalue weighted by molar-refractivity contribution is -0.907. The predicted molar refractivity (Wildman–Crippen MR) is 99.0 cm³/mol. The summed E-state index contributed by atoms with van der Waals surface area (Å²) < 4.78 is 5.86. The molecule has 0 aliphatic carbocycles. The lowest BCUT2D eigenvalue weighted by Gasteiger charge is -2.34. The van der Waals surface area contributed by atoms with Crippen LogP contribution in [0, 0.1) is 5.92 Å². The van der Waals surface area contributed by atoms with Crippen LogP contribution in [0.2, 0.25) is 0 Å².